The van der Waals surface area contributed by atoms with Crippen molar-refractivity contribution in [2.45, 2.75) is 32.1 Å². The SMILES string of the molecule is CS(=O)(=O)N1CCC(C(=O)N2CCN(C(=O)CCCc3ccccc3)CC2)CC1. The number of carbonyl (C=O) groups excluding carboxylic acids is 2. The van der Waals surface area contributed by atoms with Crippen molar-refractivity contribution in [2.24, 2.45) is 5.92 Å². The molecule has 7 nitrogen and oxygen atoms in total. The molecule has 0 spiro atoms. The van der Waals surface area contributed by atoms with Gasteiger partial charge < -0.3 is 9.80 Å². The molecule has 1 aromatic carbocycles. The first-order valence-electron chi connectivity index (χ1n) is 10.4. The van der Waals surface area contributed by atoms with Gasteiger partial charge in [0, 0.05) is 51.6 Å². The Morgan fingerprint density at radius 1 is 0.931 bits per heavy atom. The lowest BCUT2D eigenvalue weighted by Gasteiger charge is -2.38. The number of nitrogens with zero attached hydrogens (tertiary/aromatic N) is 3. The van der Waals surface area contributed by atoms with Crippen LogP contribution in [-0.2, 0) is 26.0 Å². The van der Waals surface area contributed by atoms with Crippen LogP contribution < -0.4 is 0 Å². The number of benzene rings is 1. The van der Waals surface area contributed by atoms with Crippen molar-refractivity contribution >= 4 is 21.8 Å². The fourth-order valence-electron chi connectivity index (χ4n) is 4.12. The van der Waals surface area contributed by atoms with Crippen molar-refractivity contribution in [2.75, 3.05) is 45.5 Å². The predicted octanol–water partition coefficient (Wildman–Crippen LogP) is 1.35. The normalized spacial score (nSPS) is 19.3. The summed E-state index contributed by atoms with van der Waals surface area (Å²) in [5, 5.41) is 0. The molecule has 29 heavy (non-hydrogen) atoms. The molecule has 1 aromatic rings. The average Bonchev–Trinajstić information content (AvgIpc) is 2.73. The van der Waals surface area contributed by atoms with Crippen LogP contribution in [0.1, 0.15) is 31.2 Å². The summed E-state index contributed by atoms with van der Waals surface area (Å²) in [6, 6.07) is 10.2. The third-order valence-corrected chi connectivity index (χ3v) is 7.22. The lowest BCUT2D eigenvalue weighted by molar-refractivity contribution is -0.143. The second kappa shape index (κ2) is 9.71. The predicted molar refractivity (Wildman–Crippen MR) is 112 cm³/mol. The van der Waals surface area contributed by atoms with Crippen molar-refractivity contribution in [1.82, 2.24) is 14.1 Å². The maximum Gasteiger partial charge on any atom is 0.225 e. The van der Waals surface area contributed by atoms with Gasteiger partial charge in [0.1, 0.15) is 0 Å². The monoisotopic (exact) mass is 421 g/mol. The summed E-state index contributed by atoms with van der Waals surface area (Å²) in [6.45, 7) is 3.12. The number of rotatable bonds is 6. The van der Waals surface area contributed by atoms with E-state index in [9.17, 15) is 18.0 Å². The Balaban J connectivity index is 1.38. The van der Waals surface area contributed by atoms with Gasteiger partial charge in [-0.1, -0.05) is 30.3 Å². The quantitative estimate of drug-likeness (QED) is 0.695. The molecule has 0 saturated carbocycles. The Hall–Kier alpha value is -1.93. The van der Waals surface area contributed by atoms with E-state index >= 15 is 0 Å². The van der Waals surface area contributed by atoms with Crippen LogP contribution >= 0.6 is 0 Å². The van der Waals surface area contributed by atoms with Gasteiger partial charge >= 0.3 is 0 Å². The van der Waals surface area contributed by atoms with Crippen LogP contribution in [0.4, 0.5) is 0 Å². The Bertz CT molecular complexity index is 796. The molecule has 2 amide bonds. The third kappa shape index (κ3) is 6.02. The number of hydrogen-bond acceptors (Lipinski definition) is 4. The highest BCUT2D eigenvalue weighted by Gasteiger charge is 2.33. The molecule has 8 heteroatoms. The summed E-state index contributed by atoms with van der Waals surface area (Å²) < 4.78 is 24.7. The van der Waals surface area contributed by atoms with E-state index in [2.05, 4.69) is 12.1 Å². The number of aryl methyl sites for hydroxylation is 1. The number of amides is 2. The van der Waals surface area contributed by atoms with Gasteiger partial charge in [0.25, 0.3) is 0 Å². The Morgan fingerprint density at radius 3 is 2.10 bits per heavy atom. The summed E-state index contributed by atoms with van der Waals surface area (Å²) in [7, 11) is -3.18. The zero-order valence-corrected chi connectivity index (χ0v) is 17.9. The van der Waals surface area contributed by atoms with Gasteiger partial charge in [0.2, 0.25) is 21.8 Å². The Labute approximate surface area is 173 Å². The number of sulfonamides is 1. The van der Waals surface area contributed by atoms with Crippen LogP contribution in [0.25, 0.3) is 0 Å². The van der Waals surface area contributed by atoms with Crippen molar-refractivity contribution in [3.8, 4) is 0 Å². The van der Waals surface area contributed by atoms with Crippen LogP contribution in [0.3, 0.4) is 0 Å². The molecule has 2 fully saturated rings. The summed E-state index contributed by atoms with van der Waals surface area (Å²) in [5.74, 6) is 0.157. The van der Waals surface area contributed by atoms with Gasteiger partial charge in [-0.15, -0.1) is 0 Å². The Kier molecular flexibility index (Phi) is 7.29. The highest BCUT2D eigenvalue weighted by molar-refractivity contribution is 7.88. The lowest BCUT2D eigenvalue weighted by atomic mass is 9.96. The topological polar surface area (TPSA) is 78.0 Å². The van der Waals surface area contributed by atoms with E-state index in [0.29, 0.717) is 58.5 Å². The van der Waals surface area contributed by atoms with Gasteiger partial charge in [-0.05, 0) is 31.2 Å². The zero-order valence-electron chi connectivity index (χ0n) is 17.1. The molecule has 0 bridgehead atoms. The minimum Gasteiger partial charge on any atom is -0.339 e. The van der Waals surface area contributed by atoms with Crippen molar-refractivity contribution in [3.63, 3.8) is 0 Å². The fourth-order valence-corrected chi connectivity index (χ4v) is 4.99. The van der Waals surface area contributed by atoms with E-state index in [1.165, 1.54) is 16.1 Å². The van der Waals surface area contributed by atoms with E-state index in [4.69, 9.17) is 0 Å². The van der Waals surface area contributed by atoms with Crippen LogP contribution in [0.2, 0.25) is 0 Å². The number of piperazine rings is 1. The minimum atomic E-state index is -3.18. The summed E-state index contributed by atoms with van der Waals surface area (Å²) in [4.78, 5) is 28.9. The molecular weight excluding hydrogens is 390 g/mol. The largest absolute Gasteiger partial charge is 0.339 e. The minimum absolute atomic E-state index is 0.106. The number of piperidine rings is 1. The summed E-state index contributed by atoms with van der Waals surface area (Å²) >= 11 is 0. The molecular formula is C21H31N3O4S. The fraction of sp³-hybridized carbons (Fsp3) is 0.619. The highest BCUT2D eigenvalue weighted by atomic mass is 32.2. The Morgan fingerprint density at radius 2 is 1.52 bits per heavy atom. The van der Waals surface area contributed by atoms with Crippen LogP contribution in [0, 0.1) is 5.92 Å². The molecule has 2 heterocycles. The highest BCUT2D eigenvalue weighted by Crippen LogP contribution is 2.22. The summed E-state index contributed by atoms with van der Waals surface area (Å²) in [5.41, 5.74) is 1.25. The second-order valence-electron chi connectivity index (χ2n) is 7.98. The van der Waals surface area contributed by atoms with Gasteiger partial charge in [-0.3, -0.25) is 9.59 Å². The van der Waals surface area contributed by atoms with Crippen molar-refractivity contribution in [3.05, 3.63) is 35.9 Å². The zero-order chi connectivity index (χ0) is 20.9. The van der Waals surface area contributed by atoms with Crippen LogP contribution in [0.5, 0.6) is 0 Å². The molecule has 0 atom stereocenters. The van der Waals surface area contributed by atoms with Crippen LogP contribution in [-0.4, -0.2) is 79.9 Å². The molecule has 0 radical (unpaired) electrons. The molecule has 160 valence electrons. The third-order valence-electron chi connectivity index (χ3n) is 5.92. The standard InChI is InChI=1S/C21H31N3O4S/c1-29(27,28)24-12-10-19(11-13-24)21(26)23-16-14-22(15-17-23)20(25)9-5-8-18-6-3-2-4-7-18/h2-4,6-7,19H,5,8-17H2,1H3. The first kappa shape index (κ1) is 21.8. The van der Waals surface area contributed by atoms with Crippen molar-refractivity contribution in [1.29, 1.82) is 0 Å². The first-order chi connectivity index (χ1) is 13.8. The number of hydrogen-bond donors (Lipinski definition) is 0. The van der Waals surface area contributed by atoms with E-state index in [1.54, 1.807) is 0 Å². The number of carbonyl (C=O) groups is 2. The molecule has 0 aliphatic carbocycles. The van der Waals surface area contributed by atoms with Gasteiger partial charge in [-0.25, -0.2) is 12.7 Å². The average molecular weight is 422 g/mol. The molecule has 0 unspecified atom stereocenters. The molecule has 0 N–H and O–H groups in total. The van der Waals surface area contributed by atoms with E-state index in [1.807, 2.05) is 28.0 Å². The van der Waals surface area contributed by atoms with E-state index in [0.717, 1.165) is 12.8 Å². The maximum absolute atomic E-state index is 12.8. The van der Waals surface area contributed by atoms with E-state index in [-0.39, 0.29) is 17.7 Å². The molecule has 3 rings (SSSR count). The molecule has 2 aliphatic rings. The summed E-state index contributed by atoms with van der Waals surface area (Å²) in [6.07, 6.45) is 4.63. The molecule has 2 saturated heterocycles. The van der Waals surface area contributed by atoms with Gasteiger partial charge in [-0.2, -0.15) is 0 Å². The van der Waals surface area contributed by atoms with Crippen LogP contribution in [0.15, 0.2) is 30.3 Å². The van der Waals surface area contributed by atoms with Gasteiger partial charge in [0.15, 0.2) is 0 Å². The maximum atomic E-state index is 12.8. The van der Waals surface area contributed by atoms with Crippen molar-refractivity contribution < 1.29 is 18.0 Å². The second-order valence-corrected chi connectivity index (χ2v) is 9.96. The molecule has 2 aliphatic heterocycles. The lowest BCUT2D eigenvalue weighted by Crippen LogP contribution is -2.53. The smallest absolute Gasteiger partial charge is 0.225 e. The van der Waals surface area contributed by atoms with E-state index < -0.39 is 10.0 Å². The first-order valence-corrected chi connectivity index (χ1v) is 12.2. The molecule has 0 aromatic heterocycles. The van der Waals surface area contributed by atoms with Gasteiger partial charge in [0.05, 0.1) is 6.26 Å².